The van der Waals surface area contributed by atoms with Crippen LogP contribution >= 0.6 is 0 Å². The van der Waals surface area contributed by atoms with Crippen molar-refractivity contribution in [2.75, 3.05) is 5.32 Å². The molecule has 0 aliphatic rings. The van der Waals surface area contributed by atoms with Crippen LogP contribution in [0.1, 0.15) is 11.1 Å². The lowest BCUT2D eigenvalue weighted by Gasteiger charge is -2.14. The number of ether oxygens (including phenoxy) is 2. The van der Waals surface area contributed by atoms with Crippen LogP contribution in [0.25, 0.3) is 0 Å². The predicted octanol–water partition coefficient (Wildman–Crippen LogP) is 6.22. The Morgan fingerprint density at radius 3 is 2.33 bits per heavy atom. The summed E-state index contributed by atoms with van der Waals surface area (Å²) in [6.07, 6.45) is -4.72. The zero-order valence-corrected chi connectivity index (χ0v) is 14.6. The topological polar surface area (TPSA) is 30.5 Å². The smallest absolute Gasteiger partial charge is 0.489 e. The van der Waals surface area contributed by atoms with E-state index < -0.39 is 6.36 Å². The highest BCUT2D eigenvalue weighted by molar-refractivity contribution is 5.65. The Kier molecular flexibility index (Phi) is 5.54. The second kappa shape index (κ2) is 8.03. The fraction of sp³-hybridized carbons (Fsp3) is 0.143. The minimum absolute atomic E-state index is 0.270. The number of benzene rings is 3. The normalized spacial score (nSPS) is 11.1. The molecule has 0 saturated carbocycles. The molecule has 1 N–H and O–H groups in total. The molecule has 3 aromatic rings. The lowest BCUT2D eigenvalue weighted by molar-refractivity contribution is -0.274. The molecule has 0 unspecified atom stereocenters. The summed E-state index contributed by atoms with van der Waals surface area (Å²) in [6, 6.07) is 21.1. The molecule has 0 aliphatic heterocycles. The molecule has 0 radical (unpaired) electrons. The van der Waals surface area contributed by atoms with Crippen molar-refractivity contribution in [3.05, 3.63) is 83.9 Å². The second-order valence-corrected chi connectivity index (χ2v) is 5.95. The maximum Gasteiger partial charge on any atom is 0.573 e. The lowest BCUT2D eigenvalue weighted by Crippen LogP contribution is -2.17. The Hall–Kier alpha value is -3.15. The van der Waals surface area contributed by atoms with Crippen LogP contribution in [-0.4, -0.2) is 6.36 Å². The van der Waals surface area contributed by atoms with Crippen molar-refractivity contribution in [1.29, 1.82) is 0 Å². The van der Waals surface area contributed by atoms with E-state index in [-0.39, 0.29) is 5.75 Å². The van der Waals surface area contributed by atoms with Crippen molar-refractivity contribution in [2.24, 2.45) is 0 Å². The molecular weight excluding hydrogens is 355 g/mol. The maximum atomic E-state index is 12.3. The van der Waals surface area contributed by atoms with Gasteiger partial charge in [-0.3, -0.25) is 0 Å². The van der Waals surface area contributed by atoms with Gasteiger partial charge >= 0.3 is 6.36 Å². The highest BCUT2D eigenvalue weighted by Crippen LogP contribution is 2.29. The highest BCUT2D eigenvalue weighted by atomic mass is 19.4. The largest absolute Gasteiger partial charge is 0.573 e. The molecule has 0 aromatic heterocycles. The van der Waals surface area contributed by atoms with E-state index in [1.165, 1.54) is 18.2 Å². The summed E-state index contributed by atoms with van der Waals surface area (Å²) in [4.78, 5) is 0. The van der Waals surface area contributed by atoms with Gasteiger partial charge in [0.25, 0.3) is 0 Å². The number of hydrogen-bond donors (Lipinski definition) is 1. The van der Waals surface area contributed by atoms with Crippen molar-refractivity contribution in [1.82, 2.24) is 0 Å². The molecule has 0 bridgehead atoms. The average Bonchev–Trinajstić information content (AvgIpc) is 2.62. The Bertz CT molecular complexity index is 895. The molecule has 0 spiro atoms. The molecule has 27 heavy (non-hydrogen) atoms. The van der Waals surface area contributed by atoms with Gasteiger partial charge in [0.2, 0.25) is 0 Å². The summed E-state index contributed by atoms with van der Waals surface area (Å²) in [5, 5.41) is 3.10. The van der Waals surface area contributed by atoms with Gasteiger partial charge in [-0.05, 0) is 48.4 Å². The van der Waals surface area contributed by atoms with Crippen molar-refractivity contribution in [3.8, 4) is 11.5 Å². The van der Waals surface area contributed by atoms with Gasteiger partial charge in [0, 0.05) is 17.4 Å². The average molecular weight is 373 g/mol. The van der Waals surface area contributed by atoms with Crippen molar-refractivity contribution >= 4 is 11.4 Å². The van der Waals surface area contributed by atoms with Gasteiger partial charge in [-0.25, -0.2) is 0 Å². The van der Waals surface area contributed by atoms with Crippen LogP contribution in [0.4, 0.5) is 24.5 Å². The van der Waals surface area contributed by atoms with E-state index in [0.717, 1.165) is 22.6 Å². The molecule has 0 saturated heterocycles. The van der Waals surface area contributed by atoms with Crippen LogP contribution in [0, 0.1) is 6.92 Å². The molecule has 3 aromatic carbocycles. The first-order valence-electron chi connectivity index (χ1n) is 8.29. The minimum Gasteiger partial charge on any atom is -0.489 e. The summed E-state index contributed by atoms with van der Waals surface area (Å²) in [7, 11) is 0. The first-order valence-corrected chi connectivity index (χ1v) is 8.29. The fourth-order valence-electron chi connectivity index (χ4n) is 2.53. The SMILES string of the molecule is Cc1cc(OCc2ccccc2)ccc1Nc1cccc(OC(F)(F)F)c1. The Morgan fingerprint density at radius 1 is 0.852 bits per heavy atom. The van der Waals surface area contributed by atoms with Crippen LogP contribution < -0.4 is 14.8 Å². The number of nitrogens with one attached hydrogen (secondary N) is 1. The maximum absolute atomic E-state index is 12.3. The van der Waals surface area contributed by atoms with Gasteiger partial charge in [-0.15, -0.1) is 13.2 Å². The third-order valence-electron chi connectivity index (χ3n) is 3.79. The van der Waals surface area contributed by atoms with Gasteiger partial charge in [-0.1, -0.05) is 36.4 Å². The van der Waals surface area contributed by atoms with Crippen LogP contribution in [0.2, 0.25) is 0 Å². The number of aryl methyl sites for hydroxylation is 1. The van der Waals surface area contributed by atoms with Crippen molar-refractivity contribution in [2.45, 2.75) is 19.9 Å². The molecule has 3 rings (SSSR count). The zero-order chi connectivity index (χ0) is 19.3. The van der Waals surface area contributed by atoms with E-state index in [0.29, 0.717) is 12.3 Å². The van der Waals surface area contributed by atoms with Crippen LogP contribution in [-0.2, 0) is 6.61 Å². The second-order valence-electron chi connectivity index (χ2n) is 5.95. The Balaban J connectivity index is 1.66. The predicted molar refractivity (Wildman–Crippen MR) is 98.4 cm³/mol. The van der Waals surface area contributed by atoms with Gasteiger partial charge < -0.3 is 14.8 Å². The number of alkyl halides is 3. The standard InChI is InChI=1S/C21H18F3NO2/c1-15-12-18(26-14-16-6-3-2-4-7-16)10-11-20(15)25-17-8-5-9-19(13-17)27-21(22,23)24/h2-13,25H,14H2,1H3. The lowest BCUT2D eigenvalue weighted by atomic mass is 10.1. The highest BCUT2D eigenvalue weighted by Gasteiger charge is 2.31. The van der Waals surface area contributed by atoms with Gasteiger partial charge in [0.1, 0.15) is 18.1 Å². The summed E-state index contributed by atoms with van der Waals surface area (Å²) >= 11 is 0. The fourth-order valence-corrected chi connectivity index (χ4v) is 2.53. The summed E-state index contributed by atoms with van der Waals surface area (Å²) in [5.74, 6) is 0.448. The van der Waals surface area contributed by atoms with E-state index in [4.69, 9.17) is 4.74 Å². The molecule has 0 amide bonds. The van der Waals surface area contributed by atoms with E-state index in [9.17, 15) is 13.2 Å². The molecule has 0 atom stereocenters. The van der Waals surface area contributed by atoms with Gasteiger partial charge in [0.05, 0.1) is 0 Å². The minimum atomic E-state index is -4.72. The third-order valence-corrected chi connectivity index (χ3v) is 3.79. The van der Waals surface area contributed by atoms with Gasteiger partial charge in [-0.2, -0.15) is 0 Å². The van der Waals surface area contributed by atoms with Crippen molar-refractivity contribution < 1.29 is 22.6 Å². The zero-order valence-electron chi connectivity index (χ0n) is 14.6. The van der Waals surface area contributed by atoms with Crippen LogP contribution in [0.5, 0.6) is 11.5 Å². The third kappa shape index (κ3) is 5.67. The van der Waals surface area contributed by atoms with E-state index in [2.05, 4.69) is 10.1 Å². The van der Waals surface area contributed by atoms with Crippen LogP contribution in [0.3, 0.4) is 0 Å². The van der Waals surface area contributed by atoms with Gasteiger partial charge in [0.15, 0.2) is 0 Å². The monoisotopic (exact) mass is 373 g/mol. The molecule has 6 heteroatoms. The summed E-state index contributed by atoms with van der Waals surface area (Å²) in [5.41, 5.74) is 3.24. The summed E-state index contributed by atoms with van der Waals surface area (Å²) in [6.45, 7) is 2.36. The quantitative estimate of drug-likeness (QED) is 0.557. The number of hydrogen-bond acceptors (Lipinski definition) is 3. The number of rotatable bonds is 6. The van der Waals surface area contributed by atoms with E-state index in [1.54, 1.807) is 6.07 Å². The number of anilines is 2. The van der Waals surface area contributed by atoms with Crippen molar-refractivity contribution in [3.63, 3.8) is 0 Å². The molecule has 0 heterocycles. The molecule has 0 fully saturated rings. The number of halogens is 3. The molecule has 3 nitrogen and oxygen atoms in total. The molecule has 0 aliphatic carbocycles. The first-order chi connectivity index (χ1) is 12.9. The van der Waals surface area contributed by atoms with E-state index >= 15 is 0 Å². The Labute approximate surface area is 155 Å². The summed E-state index contributed by atoms with van der Waals surface area (Å²) < 4.78 is 46.8. The van der Waals surface area contributed by atoms with E-state index in [1.807, 2.05) is 55.5 Å². The molecule has 140 valence electrons. The Morgan fingerprint density at radius 2 is 1.63 bits per heavy atom. The first kappa shape index (κ1) is 18.6. The van der Waals surface area contributed by atoms with Crippen LogP contribution in [0.15, 0.2) is 72.8 Å². The molecular formula is C21H18F3NO2.